The van der Waals surface area contributed by atoms with Crippen LogP contribution in [0.5, 0.6) is 11.5 Å². The quantitative estimate of drug-likeness (QED) is 0.541. The summed E-state index contributed by atoms with van der Waals surface area (Å²) in [6.07, 6.45) is -0.800. The Labute approximate surface area is 183 Å². The van der Waals surface area contributed by atoms with E-state index in [4.69, 9.17) is 24.7 Å². The van der Waals surface area contributed by atoms with E-state index in [-0.39, 0.29) is 13.2 Å². The lowest BCUT2D eigenvalue weighted by atomic mass is 9.97. The summed E-state index contributed by atoms with van der Waals surface area (Å²) in [5.74, 6) is 0.647. The third-order valence-corrected chi connectivity index (χ3v) is 4.67. The van der Waals surface area contributed by atoms with Crippen LogP contribution in [0.25, 0.3) is 0 Å². The fourth-order valence-electron chi connectivity index (χ4n) is 3.03. The number of carbonyl (C=O) groups excluding carboxylic acids is 2. The normalized spacial score (nSPS) is 12.7. The number of benzene rings is 2. The molecule has 0 saturated heterocycles. The second-order valence-electron chi connectivity index (χ2n) is 7.71. The molecule has 0 radical (unpaired) electrons. The van der Waals surface area contributed by atoms with Gasteiger partial charge in [0, 0.05) is 0 Å². The summed E-state index contributed by atoms with van der Waals surface area (Å²) in [5, 5.41) is 0. The van der Waals surface area contributed by atoms with Crippen molar-refractivity contribution in [2.24, 2.45) is 11.7 Å². The molecule has 0 aliphatic heterocycles. The second-order valence-corrected chi connectivity index (χ2v) is 7.71. The maximum Gasteiger partial charge on any atom is 0.404 e. The lowest BCUT2D eigenvalue weighted by molar-refractivity contribution is -0.154. The molecule has 2 rings (SSSR count). The van der Waals surface area contributed by atoms with Crippen LogP contribution in [-0.2, 0) is 20.7 Å². The molecule has 0 spiro atoms. The van der Waals surface area contributed by atoms with Crippen LogP contribution in [0, 0.1) is 5.92 Å². The first kappa shape index (κ1) is 24.1. The first-order valence-electron chi connectivity index (χ1n) is 10.3. The summed E-state index contributed by atoms with van der Waals surface area (Å²) in [6, 6.07) is 15.0. The second kappa shape index (κ2) is 11.8. The number of rotatable bonds is 11. The molecular formula is C24H31NO6. The highest BCUT2D eigenvalue weighted by molar-refractivity contribution is 5.78. The molecule has 7 nitrogen and oxygen atoms in total. The predicted octanol–water partition coefficient (Wildman–Crippen LogP) is 4.08. The van der Waals surface area contributed by atoms with Crippen molar-refractivity contribution >= 4 is 12.1 Å². The highest BCUT2D eigenvalue weighted by Gasteiger charge is 2.23. The van der Waals surface area contributed by atoms with Crippen LogP contribution in [-0.4, -0.2) is 38.5 Å². The molecule has 168 valence electrons. The molecule has 2 N–H and O–H groups in total. The number of carbonyl (C=O) groups is 2. The number of hydrogen-bond donors (Lipinski definition) is 1. The van der Waals surface area contributed by atoms with E-state index in [1.54, 1.807) is 25.1 Å². The Morgan fingerprint density at radius 1 is 0.935 bits per heavy atom. The summed E-state index contributed by atoms with van der Waals surface area (Å²) in [5.41, 5.74) is 7.13. The first-order valence-corrected chi connectivity index (χ1v) is 10.3. The molecule has 7 heteroatoms. The molecule has 0 heterocycles. The minimum atomic E-state index is -0.952. The summed E-state index contributed by atoms with van der Waals surface area (Å²) in [4.78, 5) is 23.7. The maximum atomic E-state index is 12.7. The predicted molar refractivity (Wildman–Crippen MR) is 117 cm³/mol. The minimum absolute atomic E-state index is 0.0283. The lowest BCUT2D eigenvalue weighted by Gasteiger charge is -2.21. The van der Waals surface area contributed by atoms with E-state index in [0.29, 0.717) is 17.4 Å². The van der Waals surface area contributed by atoms with Crippen molar-refractivity contribution in [3.63, 3.8) is 0 Å². The van der Waals surface area contributed by atoms with E-state index in [9.17, 15) is 9.59 Å². The zero-order chi connectivity index (χ0) is 22.8. The van der Waals surface area contributed by atoms with E-state index in [2.05, 4.69) is 13.8 Å². The van der Waals surface area contributed by atoms with Crippen LogP contribution in [0.3, 0.4) is 0 Å². The van der Waals surface area contributed by atoms with Gasteiger partial charge < -0.3 is 24.7 Å². The average Bonchev–Trinajstić information content (AvgIpc) is 2.75. The molecule has 0 aliphatic carbocycles. The molecular weight excluding hydrogens is 398 g/mol. The van der Waals surface area contributed by atoms with E-state index in [0.717, 1.165) is 12.0 Å². The monoisotopic (exact) mass is 429 g/mol. The number of methoxy groups -OCH3 is 1. The highest BCUT2D eigenvalue weighted by atomic mass is 16.6. The van der Waals surface area contributed by atoms with Gasteiger partial charge >= 0.3 is 12.1 Å². The minimum Gasteiger partial charge on any atom is -0.493 e. The number of ether oxygens (including phenoxy) is 4. The smallest absolute Gasteiger partial charge is 0.404 e. The zero-order valence-electron chi connectivity index (χ0n) is 18.5. The van der Waals surface area contributed by atoms with Crippen molar-refractivity contribution in [3.8, 4) is 11.5 Å². The van der Waals surface area contributed by atoms with Crippen LogP contribution < -0.4 is 15.2 Å². The van der Waals surface area contributed by atoms with Gasteiger partial charge in [-0.15, -0.1) is 0 Å². The zero-order valence-corrected chi connectivity index (χ0v) is 18.5. The number of esters is 1. The Bertz CT molecular complexity index is 849. The van der Waals surface area contributed by atoms with Crippen molar-refractivity contribution in [2.45, 2.75) is 39.2 Å². The number of hydrogen-bond acceptors (Lipinski definition) is 6. The van der Waals surface area contributed by atoms with Crippen LogP contribution in [0.4, 0.5) is 4.79 Å². The van der Waals surface area contributed by atoms with Crippen molar-refractivity contribution in [1.82, 2.24) is 0 Å². The Balaban J connectivity index is 2.02. The van der Waals surface area contributed by atoms with Gasteiger partial charge in [-0.2, -0.15) is 0 Å². The van der Waals surface area contributed by atoms with Gasteiger partial charge in [0.1, 0.15) is 13.2 Å². The average molecular weight is 430 g/mol. The topological polar surface area (TPSA) is 97.1 Å². The molecule has 0 saturated carbocycles. The molecule has 0 aliphatic rings. The van der Waals surface area contributed by atoms with E-state index in [1.165, 1.54) is 12.7 Å². The summed E-state index contributed by atoms with van der Waals surface area (Å²) in [7, 11) is 1.53. The van der Waals surface area contributed by atoms with Gasteiger partial charge in [0.25, 0.3) is 0 Å². The Hall–Kier alpha value is -3.22. The fraction of sp³-hybridized carbons (Fsp3) is 0.417. The fourth-order valence-corrected chi connectivity index (χ4v) is 3.03. The van der Waals surface area contributed by atoms with Gasteiger partial charge in [0.15, 0.2) is 17.6 Å². The van der Waals surface area contributed by atoms with Crippen LogP contribution in [0.1, 0.15) is 37.8 Å². The number of primary amides is 1. The molecule has 2 aromatic rings. The molecule has 0 unspecified atom stereocenters. The van der Waals surface area contributed by atoms with Crippen LogP contribution in [0.2, 0.25) is 0 Å². The van der Waals surface area contributed by atoms with E-state index < -0.39 is 24.1 Å². The summed E-state index contributed by atoms with van der Waals surface area (Å²) < 4.78 is 21.4. The molecule has 0 bridgehead atoms. The SMILES string of the molecule is COc1ccccc1OC[C@@H](COC(N)=O)OC(=O)[C@@H](C)c1ccc(CC(C)C)cc1. The first-order chi connectivity index (χ1) is 14.8. The lowest BCUT2D eigenvalue weighted by Crippen LogP contribution is -2.33. The summed E-state index contributed by atoms with van der Waals surface area (Å²) >= 11 is 0. The largest absolute Gasteiger partial charge is 0.493 e. The highest BCUT2D eigenvalue weighted by Crippen LogP contribution is 2.26. The Morgan fingerprint density at radius 2 is 1.58 bits per heavy atom. The van der Waals surface area contributed by atoms with Gasteiger partial charge in [0.2, 0.25) is 0 Å². The number of para-hydroxylation sites is 2. The Kier molecular flexibility index (Phi) is 9.18. The molecule has 0 fully saturated rings. The summed E-state index contributed by atoms with van der Waals surface area (Å²) in [6.45, 7) is 5.85. The van der Waals surface area contributed by atoms with Crippen molar-refractivity contribution in [2.75, 3.05) is 20.3 Å². The van der Waals surface area contributed by atoms with Crippen molar-refractivity contribution < 1.29 is 28.5 Å². The van der Waals surface area contributed by atoms with Crippen molar-refractivity contribution in [1.29, 1.82) is 0 Å². The van der Waals surface area contributed by atoms with Crippen LogP contribution in [0.15, 0.2) is 48.5 Å². The van der Waals surface area contributed by atoms with Crippen LogP contribution >= 0.6 is 0 Å². The maximum absolute atomic E-state index is 12.7. The molecule has 0 aromatic heterocycles. The van der Waals surface area contributed by atoms with E-state index >= 15 is 0 Å². The van der Waals surface area contributed by atoms with Gasteiger partial charge in [-0.3, -0.25) is 4.79 Å². The van der Waals surface area contributed by atoms with Crippen molar-refractivity contribution in [3.05, 3.63) is 59.7 Å². The van der Waals surface area contributed by atoms with Gasteiger partial charge in [-0.05, 0) is 42.5 Å². The van der Waals surface area contributed by atoms with E-state index in [1.807, 2.05) is 30.3 Å². The third kappa shape index (κ3) is 7.85. The molecule has 1 amide bonds. The number of nitrogens with two attached hydrogens (primary N) is 1. The Morgan fingerprint density at radius 3 is 2.16 bits per heavy atom. The third-order valence-electron chi connectivity index (χ3n) is 4.67. The molecule has 2 atom stereocenters. The standard InChI is InChI=1S/C24H31NO6/c1-16(2)13-18-9-11-19(12-10-18)17(3)23(26)31-20(15-30-24(25)27)14-29-22-8-6-5-7-21(22)28-4/h5-12,16-17,20H,13-15H2,1-4H3,(H2,25,27)/t17-,20-/m0/s1. The van der Waals surface area contributed by atoms with Gasteiger partial charge in [-0.1, -0.05) is 50.2 Å². The van der Waals surface area contributed by atoms with Gasteiger partial charge in [0.05, 0.1) is 13.0 Å². The van der Waals surface area contributed by atoms with Gasteiger partial charge in [-0.25, -0.2) is 4.79 Å². The molecule has 2 aromatic carbocycles. The molecule has 31 heavy (non-hydrogen) atoms. The number of amides is 1.